The van der Waals surface area contributed by atoms with Gasteiger partial charge in [0.15, 0.2) is 5.82 Å². The topological polar surface area (TPSA) is 72.1 Å². The predicted molar refractivity (Wildman–Crippen MR) is 116 cm³/mol. The van der Waals surface area contributed by atoms with Crippen LogP contribution in [0.2, 0.25) is 0 Å². The van der Waals surface area contributed by atoms with Crippen molar-refractivity contribution >= 4 is 50.2 Å². The number of carbonyl (C=O) groups is 1. The summed E-state index contributed by atoms with van der Waals surface area (Å²) in [6.45, 7) is 2.63. The van der Waals surface area contributed by atoms with Gasteiger partial charge in [-0.2, -0.15) is 0 Å². The fourth-order valence-corrected chi connectivity index (χ4v) is 5.49. The number of fused-ring (bicyclic) bond motifs is 2. The van der Waals surface area contributed by atoms with Gasteiger partial charge in [0.1, 0.15) is 9.71 Å². The summed E-state index contributed by atoms with van der Waals surface area (Å²) in [5.41, 5.74) is 9.91. The molecule has 0 unspecified atom stereocenters. The Morgan fingerprint density at radius 2 is 2.04 bits per heavy atom. The molecule has 140 valence electrons. The lowest BCUT2D eigenvalue weighted by Gasteiger charge is -2.29. The number of hydrogen-bond donors (Lipinski definition) is 1. The summed E-state index contributed by atoms with van der Waals surface area (Å²) >= 11 is 2.96. The van der Waals surface area contributed by atoms with Crippen molar-refractivity contribution in [2.45, 2.75) is 19.8 Å². The first-order chi connectivity index (χ1) is 13.6. The van der Waals surface area contributed by atoms with E-state index in [1.165, 1.54) is 16.9 Å². The number of nitrogens with zero attached hydrogens (tertiary/aromatic N) is 3. The normalized spacial score (nSPS) is 13.7. The number of amides is 1. The molecule has 1 aliphatic heterocycles. The van der Waals surface area contributed by atoms with Gasteiger partial charge >= 0.3 is 0 Å². The molecular weight excluding hydrogens is 388 g/mol. The van der Waals surface area contributed by atoms with Crippen LogP contribution in [0.15, 0.2) is 41.8 Å². The van der Waals surface area contributed by atoms with Crippen molar-refractivity contribution in [3.8, 4) is 10.7 Å². The van der Waals surface area contributed by atoms with Crippen molar-refractivity contribution in [1.29, 1.82) is 0 Å². The third kappa shape index (κ3) is 2.70. The minimum atomic E-state index is -0.0512. The molecule has 0 saturated carbocycles. The Kier molecular flexibility index (Phi) is 4.14. The highest BCUT2D eigenvalue weighted by molar-refractivity contribution is 7.21. The SMILES string of the molecule is Cc1nc(-c2cccs2)nc2sc(C(=O)N3CCCc4ccccc43)c(N)c12. The highest BCUT2D eigenvalue weighted by Crippen LogP contribution is 2.38. The molecule has 0 radical (unpaired) electrons. The second-order valence-electron chi connectivity index (χ2n) is 6.82. The molecule has 0 saturated heterocycles. The average molecular weight is 407 g/mol. The lowest BCUT2D eigenvalue weighted by molar-refractivity contribution is 0.0990. The van der Waals surface area contributed by atoms with Crippen LogP contribution in [0.1, 0.15) is 27.3 Å². The maximum atomic E-state index is 13.4. The van der Waals surface area contributed by atoms with Gasteiger partial charge in [-0.1, -0.05) is 24.3 Å². The lowest BCUT2D eigenvalue weighted by atomic mass is 10.0. The van der Waals surface area contributed by atoms with Crippen LogP contribution in [-0.2, 0) is 6.42 Å². The van der Waals surface area contributed by atoms with Gasteiger partial charge < -0.3 is 10.6 Å². The number of aromatic nitrogens is 2. The van der Waals surface area contributed by atoms with Crippen LogP contribution >= 0.6 is 22.7 Å². The Hall–Kier alpha value is -2.77. The second kappa shape index (κ2) is 6.68. The summed E-state index contributed by atoms with van der Waals surface area (Å²) in [4.78, 5) is 26.9. The molecule has 3 aromatic heterocycles. The molecule has 4 heterocycles. The van der Waals surface area contributed by atoms with Gasteiger partial charge in [0.25, 0.3) is 5.91 Å². The molecule has 0 fully saturated rings. The number of aryl methyl sites for hydroxylation is 2. The molecule has 0 bridgehead atoms. The minimum Gasteiger partial charge on any atom is -0.397 e. The summed E-state index contributed by atoms with van der Waals surface area (Å²) in [6.07, 6.45) is 1.95. The Labute approximate surface area is 170 Å². The predicted octanol–water partition coefficient (Wildman–Crippen LogP) is 4.90. The van der Waals surface area contributed by atoms with Gasteiger partial charge in [-0.05, 0) is 42.8 Å². The summed E-state index contributed by atoms with van der Waals surface area (Å²) in [5.74, 6) is 0.633. The molecule has 5 rings (SSSR count). The molecule has 0 spiro atoms. The Bertz CT molecular complexity index is 1200. The van der Waals surface area contributed by atoms with Crippen molar-refractivity contribution in [2.75, 3.05) is 17.2 Å². The number of anilines is 2. The van der Waals surface area contributed by atoms with E-state index in [-0.39, 0.29) is 5.91 Å². The van der Waals surface area contributed by atoms with Crippen molar-refractivity contribution in [3.63, 3.8) is 0 Å². The fourth-order valence-electron chi connectivity index (χ4n) is 3.74. The number of nitrogen functional groups attached to an aromatic ring is 1. The Balaban J connectivity index is 1.61. The van der Waals surface area contributed by atoms with Crippen molar-refractivity contribution in [3.05, 3.63) is 57.9 Å². The Morgan fingerprint density at radius 1 is 1.18 bits per heavy atom. The first-order valence-corrected chi connectivity index (χ1v) is 10.8. The van der Waals surface area contributed by atoms with E-state index in [0.717, 1.165) is 39.3 Å². The number of rotatable bonds is 2. The zero-order valence-electron chi connectivity index (χ0n) is 15.3. The zero-order valence-corrected chi connectivity index (χ0v) is 16.9. The smallest absolute Gasteiger partial charge is 0.270 e. The molecular formula is C21H18N4OS2. The molecule has 4 aromatic rings. The molecule has 1 aromatic carbocycles. The van der Waals surface area contributed by atoms with Crippen LogP contribution < -0.4 is 10.6 Å². The van der Waals surface area contributed by atoms with Crippen LogP contribution in [0.4, 0.5) is 11.4 Å². The molecule has 1 amide bonds. The lowest BCUT2D eigenvalue weighted by Crippen LogP contribution is -2.35. The number of benzene rings is 1. The zero-order chi connectivity index (χ0) is 19.3. The quantitative estimate of drug-likeness (QED) is 0.514. The maximum absolute atomic E-state index is 13.4. The molecule has 5 nitrogen and oxygen atoms in total. The van der Waals surface area contributed by atoms with Gasteiger partial charge in [-0.25, -0.2) is 9.97 Å². The van der Waals surface area contributed by atoms with E-state index in [0.29, 0.717) is 22.9 Å². The minimum absolute atomic E-state index is 0.0512. The van der Waals surface area contributed by atoms with Gasteiger partial charge in [-0.3, -0.25) is 4.79 Å². The van der Waals surface area contributed by atoms with Gasteiger partial charge in [0, 0.05) is 12.2 Å². The first-order valence-electron chi connectivity index (χ1n) is 9.13. The molecule has 2 N–H and O–H groups in total. The van der Waals surface area contributed by atoms with Gasteiger partial charge in [0.05, 0.1) is 21.6 Å². The summed E-state index contributed by atoms with van der Waals surface area (Å²) in [7, 11) is 0. The molecule has 0 aliphatic carbocycles. The largest absolute Gasteiger partial charge is 0.397 e. The summed E-state index contributed by atoms with van der Waals surface area (Å²) in [5, 5.41) is 2.79. The number of nitrogens with two attached hydrogens (primary N) is 1. The third-order valence-corrected chi connectivity index (χ3v) is 7.01. The molecule has 1 aliphatic rings. The van der Waals surface area contributed by atoms with E-state index in [1.807, 2.05) is 47.5 Å². The van der Waals surface area contributed by atoms with Crippen LogP contribution in [0.3, 0.4) is 0 Å². The second-order valence-corrected chi connectivity index (χ2v) is 8.77. The number of hydrogen-bond acceptors (Lipinski definition) is 6. The van der Waals surface area contributed by atoms with E-state index in [2.05, 4.69) is 11.1 Å². The molecule has 7 heteroatoms. The van der Waals surface area contributed by atoms with Gasteiger partial charge in [-0.15, -0.1) is 22.7 Å². The standard InChI is InChI=1S/C21H18N4OS2/c1-12-16-17(22)18(28-20(16)24-19(23-12)15-9-5-11-27-15)21(26)25-10-4-7-13-6-2-3-8-14(13)25/h2-3,5-6,8-9,11H,4,7,10,22H2,1H3. The van der Waals surface area contributed by atoms with Crippen LogP contribution in [0.25, 0.3) is 20.9 Å². The number of para-hydroxylation sites is 1. The number of thiophene rings is 2. The summed E-state index contributed by atoms with van der Waals surface area (Å²) < 4.78 is 0. The number of carbonyl (C=O) groups excluding carboxylic acids is 1. The third-order valence-electron chi connectivity index (χ3n) is 5.06. The first kappa shape index (κ1) is 17.3. The van der Waals surface area contributed by atoms with E-state index >= 15 is 0 Å². The summed E-state index contributed by atoms with van der Waals surface area (Å²) in [6, 6.07) is 12.1. The van der Waals surface area contributed by atoms with Gasteiger partial charge in [0.2, 0.25) is 0 Å². The highest BCUT2D eigenvalue weighted by atomic mass is 32.1. The van der Waals surface area contributed by atoms with Crippen LogP contribution in [-0.4, -0.2) is 22.4 Å². The van der Waals surface area contributed by atoms with Crippen molar-refractivity contribution in [2.24, 2.45) is 0 Å². The fraction of sp³-hybridized carbons (Fsp3) is 0.190. The van der Waals surface area contributed by atoms with E-state index in [1.54, 1.807) is 11.3 Å². The maximum Gasteiger partial charge on any atom is 0.270 e. The van der Waals surface area contributed by atoms with Crippen LogP contribution in [0.5, 0.6) is 0 Å². The van der Waals surface area contributed by atoms with Crippen molar-refractivity contribution in [1.82, 2.24) is 9.97 Å². The average Bonchev–Trinajstić information content (AvgIpc) is 3.35. The van der Waals surface area contributed by atoms with E-state index in [9.17, 15) is 4.79 Å². The Morgan fingerprint density at radius 3 is 2.86 bits per heavy atom. The van der Waals surface area contributed by atoms with E-state index < -0.39 is 0 Å². The van der Waals surface area contributed by atoms with Crippen LogP contribution in [0, 0.1) is 6.92 Å². The molecule has 28 heavy (non-hydrogen) atoms. The van der Waals surface area contributed by atoms with E-state index in [4.69, 9.17) is 10.7 Å². The highest BCUT2D eigenvalue weighted by Gasteiger charge is 2.28. The van der Waals surface area contributed by atoms with Crippen molar-refractivity contribution < 1.29 is 4.79 Å². The molecule has 0 atom stereocenters. The monoisotopic (exact) mass is 406 g/mol.